The minimum Gasteiger partial charge on any atom is -0.387 e. The zero-order valence-corrected chi connectivity index (χ0v) is 11.8. The summed E-state index contributed by atoms with van der Waals surface area (Å²) in [6.45, 7) is 2.19. The molecule has 98 valence electrons. The van der Waals surface area contributed by atoms with Gasteiger partial charge in [0.2, 0.25) is 0 Å². The molecule has 0 aliphatic carbocycles. The van der Waals surface area contributed by atoms with Crippen LogP contribution < -0.4 is 5.32 Å². The van der Waals surface area contributed by atoms with Gasteiger partial charge < -0.3 is 10.4 Å². The number of carbonyl (C=O) groups excluding carboxylic acids is 1. The zero-order chi connectivity index (χ0) is 13.2. The molecule has 1 unspecified atom stereocenters. The molecule has 0 radical (unpaired) electrons. The molecule has 2 N–H and O–H groups in total. The molecular formula is C13H16ClNO2S. The number of amides is 1. The molecule has 1 aliphatic rings. The molecule has 1 heterocycles. The number of nitrogens with one attached hydrogen (secondary N) is 1. The molecule has 2 rings (SSSR count). The zero-order valence-electron chi connectivity index (χ0n) is 10.2. The number of aryl methyl sites for hydroxylation is 1. The lowest BCUT2D eigenvalue weighted by Crippen LogP contribution is -2.42. The maximum absolute atomic E-state index is 12.0. The van der Waals surface area contributed by atoms with Crippen LogP contribution in [-0.4, -0.2) is 34.7 Å². The third-order valence-electron chi connectivity index (χ3n) is 2.96. The summed E-state index contributed by atoms with van der Waals surface area (Å²) in [7, 11) is 0. The molecular weight excluding hydrogens is 270 g/mol. The summed E-state index contributed by atoms with van der Waals surface area (Å²) in [5.74, 6) is 1.44. The van der Waals surface area contributed by atoms with Gasteiger partial charge in [0.15, 0.2) is 0 Å². The fourth-order valence-corrected chi connectivity index (χ4v) is 3.53. The maximum atomic E-state index is 12.0. The summed E-state index contributed by atoms with van der Waals surface area (Å²) in [5, 5.41) is 13.5. The fraction of sp³-hybridized carbons (Fsp3) is 0.462. The Morgan fingerprint density at radius 2 is 2.33 bits per heavy atom. The molecule has 1 amide bonds. The van der Waals surface area contributed by atoms with Crippen LogP contribution in [0.15, 0.2) is 18.2 Å². The Kier molecular flexibility index (Phi) is 4.20. The van der Waals surface area contributed by atoms with E-state index in [1.807, 2.05) is 6.92 Å². The summed E-state index contributed by atoms with van der Waals surface area (Å²) < 4.78 is 0. The van der Waals surface area contributed by atoms with Gasteiger partial charge in [0, 0.05) is 22.9 Å². The van der Waals surface area contributed by atoms with Crippen molar-refractivity contribution in [2.24, 2.45) is 0 Å². The van der Waals surface area contributed by atoms with Crippen molar-refractivity contribution in [3.8, 4) is 0 Å². The standard InChI is InChI=1S/C13H16ClNO2S/c1-9-4-10(6-11(14)5-9)12(16)15-7-13(17)2-3-18-8-13/h4-6,17H,2-3,7-8H2,1H3,(H,15,16). The molecule has 1 fully saturated rings. The van der Waals surface area contributed by atoms with E-state index in [4.69, 9.17) is 11.6 Å². The van der Waals surface area contributed by atoms with Crippen LogP contribution in [0.1, 0.15) is 22.3 Å². The van der Waals surface area contributed by atoms with E-state index in [-0.39, 0.29) is 5.91 Å². The number of hydrogen-bond acceptors (Lipinski definition) is 3. The highest BCUT2D eigenvalue weighted by molar-refractivity contribution is 7.99. The van der Waals surface area contributed by atoms with E-state index in [2.05, 4.69) is 5.32 Å². The number of rotatable bonds is 3. The lowest BCUT2D eigenvalue weighted by molar-refractivity contribution is 0.0612. The summed E-state index contributed by atoms with van der Waals surface area (Å²) in [4.78, 5) is 12.0. The van der Waals surface area contributed by atoms with Gasteiger partial charge in [0.1, 0.15) is 0 Å². The number of thioether (sulfide) groups is 1. The summed E-state index contributed by atoms with van der Waals surface area (Å²) in [5.41, 5.74) is 0.727. The third kappa shape index (κ3) is 3.40. The van der Waals surface area contributed by atoms with Crippen LogP contribution in [-0.2, 0) is 0 Å². The maximum Gasteiger partial charge on any atom is 0.251 e. The van der Waals surface area contributed by atoms with Gasteiger partial charge in [0.25, 0.3) is 5.91 Å². The highest BCUT2D eigenvalue weighted by Crippen LogP contribution is 2.27. The van der Waals surface area contributed by atoms with Crippen LogP contribution in [0.2, 0.25) is 5.02 Å². The molecule has 1 aromatic rings. The number of hydrogen-bond donors (Lipinski definition) is 2. The first-order valence-corrected chi connectivity index (χ1v) is 7.37. The molecule has 0 aromatic heterocycles. The fourth-order valence-electron chi connectivity index (χ4n) is 1.95. The quantitative estimate of drug-likeness (QED) is 0.895. The Balaban J connectivity index is 1.99. The predicted octanol–water partition coefficient (Wildman–Crippen LogP) is 2.25. The van der Waals surface area contributed by atoms with E-state index in [0.717, 1.165) is 17.7 Å². The van der Waals surface area contributed by atoms with E-state index in [9.17, 15) is 9.90 Å². The van der Waals surface area contributed by atoms with Gasteiger partial charge >= 0.3 is 0 Å². The molecule has 0 saturated carbocycles. The first kappa shape index (κ1) is 13.7. The largest absolute Gasteiger partial charge is 0.387 e. The number of halogens is 1. The SMILES string of the molecule is Cc1cc(Cl)cc(C(=O)NCC2(O)CCSC2)c1. The normalized spacial score (nSPS) is 23.1. The first-order valence-electron chi connectivity index (χ1n) is 5.84. The van der Waals surface area contributed by atoms with Gasteiger partial charge in [-0.15, -0.1) is 0 Å². The van der Waals surface area contributed by atoms with Crippen LogP contribution in [0.25, 0.3) is 0 Å². The van der Waals surface area contributed by atoms with Gasteiger partial charge in [-0.2, -0.15) is 11.8 Å². The summed E-state index contributed by atoms with van der Waals surface area (Å²) in [6.07, 6.45) is 0.729. The average molecular weight is 286 g/mol. The minimum atomic E-state index is -0.756. The average Bonchev–Trinajstić information content (AvgIpc) is 2.72. The van der Waals surface area contributed by atoms with Crippen LogP contribution in [0.3, 0.4) is 0 Å². The van der Waals surface area contributed by atoms with E-state index < -0.39 is 5.60 Å². The second kappa shape index (κ2) is 5.51. The Morgan fingerprint density at radius 3 is 2.94 bits per heavy atom. The molecule has 0 bridgehead atoms. The van der Waals surface area contributed by atoms with E-state index >= 15 is 0 Å². The Morgan fingerprint density at radius 1 is 1.56 bits per heavy atom. The Hall–Kier alpha value is -0.710. The lowest BCUT2D eigenvalue weighted by Gasteiger charge is -2.21. The van der Waals surface area contributed by atoms with Crippen molar-refractivity contribution < 1.29 is 9.90 Å². The second-order valence-electron chi connectivity index (χ2n) is 4.73. The van der Waals surface area contributed by atoms with E-state index in [1.54, 1.807) is 30.0 Å². The van der Waals surface area contributed by atoms with Crippen molar-refractivity contribution in [1.82, 2.24) is 5.32 Å². The minimum absolute atomic E-state index is 0.189. The van der Waals surface area contributed by atoms with Crippen molar-refractivity contribution in [3.63, 3.8) is 0 Å². The molecule has 3 nitrogen and oxygen atoms in total. The van der Waals surface area contributed by atoms with E-state index in [1.165, 1.54) is 0 Å². The molecule has 18 heavy (non-hydrogen) atoms. The van der Waals surface area contributed by atoms with Crippen molar-refractivity contribution in [2.45, 2.75) is 18.9 Å². The highest BCUT2D eigenvalue weighted by atomic mass is 35.5. The van der Waals surface area contributed by atoms with Gasteiger partial charge in [0.05, 0.1) is 5.60 Å². The van der Waals surface area contributed by atoms with Crippen LogP contribution >= 0.6 is 23.4 Å². The Bertz CT molecular complexity index is 438. The predicted molar refractivity (Wildman–Crippen MR) is 75.4 cm³/mol. The van der Waals surface area contributed by atoms with Gasteiger partial charge in [-0.3, -0.25) is 4.79 Å². The smallest absolute Gasteiger partial charge is 0.251 e. The highest BCUT2D eigenvalue weighted by Gasteiger charge is 2.32. The molecule has 1 saturated heterocycles. The summed E-state index contributed by atoms with van der Waals surface area (Å²) in [6, 6.07) is 5.23. The van der Waals surface area contributed by atoms with Crippen molar-refractivity contribution in [2.75, 3.05) is 18.1 Å². The van der Waals surface area contributed by atoms with Crippen LogP contribution in [0.4, 0.5) is 0 Å². The lowest BCUT2D eigenvalue weighted by atomic mass is 10.0. The number of carbonyl (C=O) groups is 1. The molecule has 1 aromatic carbocycles. The van der Waals surface area contributed by atoms with Crippen LogP contribution in [0, 0.1) is 6.92 Å². The van der Waals surface area contributed by atoms with E-state index in [0.29, 0.717) is 22.9 Å². The topological polar surface area (TPSA) is 49.3 Å². The van der Waals surface area contributed by atoms with Gasteiger partial charge in [-0.1, -0.05) is 11.6 Å². The van der Waals surface area contributed by atoms with Crippen molar-refractivity contribution in [1.29, 1.82) is 0 Å². The van der Waals surface area contributed by atoms with Crippen molar-refractivity contribution in [3.05, 3.63) is 34.3 Å². The number of aliphatic hydroxyl groups is 1. The molecule has 1 atom stereocenters. The Labute approximate surface area is 116 Å². The van der Waals surface area contributed by atoms with Crippen molar-refractivity contribution >= 4 is 29.3 Å². The second-order valence-corrected chi connectivity index (χ2v) is 6.27. The summed E-state index contributed by atoms with van der Waals surface area (Å²) >= 11 is 7.63. The monoisotopic (exact) mass is 285 g/mol. The number of benzene rings is 1. The molecule has 1 aliphatic heterocycles. The van der Waals surface area contributed by atoms with Crippen LogP contribution in [0.5, 0.6) is 0 Å². The molecule has 0 spiro atoms. The molecule has 5 heteroatoms. The van der Waals surface area contributed by atoms with Gasteiger partial charge in [-0.05, 0) is 42.9 Å². The van der Waals surface area contributed by atoms with Gasteiger partial charge in [-0.25, -0.2) is 0 Å². The third-order valence-corrected chi connectivity index (χ3v) is 4.42. The first-order chi connectivity index (χ1) is 8.48.